The van der Waals surface area contributed by atoms with E-state index in [4.69, 9.17) is 5.73 Å². The Hall–Kier alpha value is -1.55. The third-order valence-corrected chi connectivity index (χ3v) is 3.71. The molecule has 0 aliphatic carbocycles. The minimum atomic E-state index is -0.0293. The summed E-state index contributed by atoms with van der Waals surface area (Å²) < 4.78 is 0. The first kappa shape index (κ1) is 13.9. The molecule has 0 radical (unpaired) electrons. The molecule has 4 heteroatoms. The summed E-state index contributed by atoms with van der Waals surface area (Å²) in [6, 6.07) is 8.31. The van der Waals surface area contributed by atoms with Crippen LogP contribution in [-0.2, 0) is 4.79 Å². The van der Waals surface area contributed by atoms with Crippen molar-refractivity contribution in [3.05, 3.63) is 29.8 Å². The van der Waals surface area contributed by atoms with E-state index in [0.717, 1.165) is 31.6 Å². The van der Waals surface area contributed by atoms with Gasteiger partial charge in [-0.3, -0.25) is 4.79 Å². The fourth-order valence-electron chi connectivity index (χ4n) is 2.63. The molecule has 1 amide bonds. The van der Waals surface area contributed by atoms with Crippen LogP contribution in [0.3, 0.4) is 0 Å². The molecule has 19 heavy (non-hydrogen) atoms. The Morgan fingerprint density at radius 2 is 2.26 bits per heavy atom. The molecule has 1 aromatic rings. The topological polar surface area (TPSA) is 49.6 Å². The SMILES string of the molecule is Cc1cccc(N(CCCN)C2CCN(C)C2=O)c1. The summed E-state index contributed by atoms with van der Waals surface area (Å²) in [5.74, 6) is 0.221. The number of rotatable bonds is 5. The van der Waals surface area contributed by atoms with Gasteiger partial charge in [0.1, 0.15) is 6.04 Å². The first-order valence-corrected chi connectivity index (χ1v) is 6.92. The molecule has 1 aromatic carbocycles. The van der Waals surface area contributed by atoms with E-state index in [2.05, 4.69) is 30.0 Å². The molecule has 0 aromatic heterocycles. The van der Waals surface area contributed by atoms with E-state index < -0.39 is 0 Å². The predicted octanol–water partition coefficient (Wildman–Crippen LogP) is 1.38. The number of carbonyl (C=O) groups is 1. The number of nitrogens with zero attached hydrogens (tertiary/aromatic N) is 2. The van der Waals surface area contributed by atoms with E-state index in [9.17, 15) is 4.79 Å². The third-order valence-electron chi connectivity index (χ3n) is 3.71. The highest BCUT2D eigenvalue weighted by Crippen LogP contribution is 2.24. The normalized spacial score (nSPS) is 19.0. The fraction of sp³-hybridized carbons (Fsp3) is 0.533. The lowest BCUT2D eigenvalue weighted by Crippen LogP contribution is -2.42. The molecule has 1 atom stereocenters. The number of amides is 1. The van der Waals surface area contributed by atoms with Crippen molar-refractivity contribution in [1.29, 1.82) is 0 Å². The first-order chi connectivity index (χ1) is 9.13. The highest BCUT2D eigenvalue weighted by atomic mass is 16.2. The highest BCUT2D eigenvalue weighted by molar-refractivity contribution is 5.87. The van der Waals surface area contributed by atoms with Gasteiger partial charge in [0.2, 0.25) is 5.91 Å². The quantitative estimate of drug-likeness (QED) is 0.871. The van der Waals surface area contributed by atoms with Crippen LogP contribution in [0.1, 0.15) is 18.4 Å². The number of likely N-dealkylation sites (tertiary alicyclic amines) is 1. The van der Waals surface area contributed by atoms with E-state index in [1.54, 1.807) is 0 Å². The van der Waals surface area contributed by atoms with Crippen molar-refractivity contribution in [3.63, 3.8) is 0 Å². The Morgan fingerprint density at radius 1 is 1.47 bits per heavy atom. The van der Waals surface area contributed by atoms with Crippen LogP contribution in [0.25, 0.3) is 0 Å². The number of anilines is 1. The number of aryl methyl sites for hydroxylation is 1. The molecular formula is C15H23N3O. The van der Waals surface area contributed by atoms with E-state index in [0.29, 0.717) is 6.54 Å². The highest BCUT2D eigenvalue weighted by Gasteiger charge is 2.33. The molecular weight excluding hydrogens is 238 g/mol. The average Bonchev–Trinajstić information content (AvgIpc) is 2.72. The smallest absolute Gasteiger partial charge is 0.245 e. The summed E-state index contributed by atoms with van der Waals surface area (Å²) in [5, 5.41) is 0. The standard InChI is InChI=1S/C15H23N3O/c1-12-5-3-6-13(11-12)18(9-4-8-16)14-7-10-17(2)15(14)19/h3,5-6,11,14H,4,7-10,16H2,1-2H3. The van der Waals surface area contributed by atoms with Gasteiger partial charge >= 0.3 is 0 Å². The van der Waals surface area contributed by atoms with Gasteiger partial charge in [-0.25, -0.2) is 0 Å². The average molecular weight is 261 g/mol. The minimum Gasteiger partial charge on any atom is -0.359 e. The molecule has 1 aliphatic heterocycles. The van der Waals surface area contributed by atoms with Crippen molar-refractivity contribution in [2.45, 2.75) is 25.8 Å². The summed E-state index contributed by atoms with van der Waals surface area (Å²) in [4.78, 5) is 16.3. The maximum atomic E-state index is 12.2. The van der Waals surface area contributed by atoms with E-state index in [-0.39, 0.29) is 11.9 Å². The van der Waals surface area contributed by atoms with Crippen LogP contribution in [0.15, 0.2) is 24.3 Å². The van der Waals surface area contributed by atoms with E-state index in [1.165, 1.54) is 5.56 Å². The minimum absolute atomic E-state index is 0.0293. The van der Waals surface area contributed by atoms with Crippen LogP contribution in [0.4, 0.5) is 5.69 Å². The van der Waals surface area contributed by atoms with Gasteiger partial charge in [0.15, 0.2) is 0 Å². The largest absolute Gasteiger partial charge is 0.359 e. The third kappa shape index (κ3) is 3.07. The molecule has 0 bridgehead atoms. The number of carbonyl (C=O) groups excluding carboxylic acids is 1. The Labute approximate surface area is 115 Å². The predicted molar refractivity (Wildman–Crippen MR) is 78.2 cm³/mol. The number of likely N-dealkylation sites (N-methyl/N-ethyl adjacent to an activating group) is 1. The summed E-state index contributed by atoms with van der Waals surface area (Å²) in [6.07, 6.45) is 1.80. The van der Waals surface area contributed by atoms with Crippen molar-refractivity contribution in [3.8, 4) is 0 Å². The van der Waals surface area contributed by atoms with Crippen LogP contribution in [-0.4, -0.2) is 43.5 Å². The van der Waals surface area contributed by atoms with Gasteiger partial charge in [-0.15, -0.1) is 0 Å². The lowest BCUT2D eigenvalue weighted by atomic mass is 10.1. The Kier molecular flexibility index (Phi) is 4.43. The number of hydrogen-bond acceptors (Lipinski definition) is 3. The van der Waals surface area contributed by atoms with Gasteiger partial charge in [0.25, 0.3) is 0 Å². The summed E-state index contributed by atoms with van der Waals surface area (Å²) in [6.45, 7) is 4.41. The Balaban J connectivity index is 2.23. The van der Waals surface area contributed by atoms with E-state index >= 15 is 0 Å². The van der Waals surface area contributed by atoms with Gasteiger partial charge in [0, 0.05) is 25.8 Å². The second-order valence-corrected chi connectivity index (χ2v) is 5.24. The molecule has 1 aliphatic rings. The first-order valence-electron chi connectivity index (χ1n) is 6.92. The van der Waals surface area contributed by atoms with Gasteiger partial charge in [-0.05, 0) is 44.0 Å². The lowest BCUT2D eigenvalue weighted by molar-refractivity contribution is -0.127. The van der Waals surface area contributed by atoms with Crippen molar-refractivity contribution in [2.24, 2.45) is 5.73 Å². The molecule has 2 rings (SSSR count). The second kappa shape index (κ2) is 6.06. The second-order valence-electron chi connectivity index (χ2n) is 5.24. The summed E-state index contributed by atoms with van der Waals surface area (Å²) >= 11 is 0. The van der Waals surface area contributed by atoms with Crippen molar-refractivity contribution in [1.82, 2.24) is 4.90 Å². The zero-order chi connectivity index (χ0) is 13.8. The molecule has 1 heterocycles. The van der Waals surface area contributed by atoms with Gasteiger partial charge in [-0.2, -0.15) is 0 Å². The van der Waals surface area contributed by atoms with E-state index in [1.807, 2.05) is 18.0 Å². The molecule has 1 saturated heterocycles. The van der Waals surface area contributed by atoms with Crippen LogP contribution in [0.2, 0.25) is 0 Å². The van der Waals surface area contributed by atoms with Crippen LogP contribution >= 0.6 is 0 Å². The zero-order valence-electron chi connectivity index (χ0n) is 11.8. The fourth-order valence-corrected chi connectivity index (χ4v) is 2.63. The molecule has 2 N–H and O–H groups in total. The maximum Gasteiger partial charge on any atom is 0.245 e. The summed E-state index contributed by atoms with van der Waals surface area (Å²) in [7, 11) is 1.87. The Bertz CT molecular complexity index is 447. The van der Waals surface area contributed by atoms with Gasteiger partial charge in [-0.1, -0.05) is 12.1 Å². The maximum absolute atomic E-state index is 12.2. The number of benzene rings is 1. The molecule has 4 nitrogen and oxygen atoms in total. The van der Waals surface area contributed by atoms with Gasteiger partial charge < -0.3 is 15.5 Å². The molecule has 0 saturated carbocycles. The van der Waals surface area contributed by atoms with Crippen molar-refractivity contribution in [2.75, 3.05) is 31.6 Å². The van der Waals surface area contributed by atoms with Crippen molar-refractivity contribution < 1.29 is 4.79 Å². The molecule has 1 unspecified atom stereocenters. The number of hydrogen-bond donors (Lipinski definition) is 1. The Morgan fingerprint density at radius 3 is 2.84 bits per heavy atom. The van der Waals surface area contributed by atoms with Crippen LogP contribution < -0.4 is 10.6 Å². The van der Waals surface area contributed by atoms with Crippen LogP contribution in [0, 0.1) is 6.92 Å². The molecule has 0 spiro atoms. The molecule has 104 valence electrons. The van der Waals surface area contributed by atoms with Crippen molar-refractivity contribution >= 4 is 11.6 Å². The van der Waals surface area contributed by atoms with Gasteiger partial charge in [0.05, 0.1) is 0 Å². The lowest BCUT2D eigenvalue weighted by Gasteiger charge is -2.30. The number of nitrogens with two attached hydrogens (primary N) is 1. The summed E-state index contributed by atoms with van der Waals surface area (Å²) in [5.41, 5.74) is 7.97. The monoisotopic (exact) mass is 261 g/mol. The zero-order valence-corrected chi connectivity index (χ0v) is 11.8. The van der Waals surface area contributed by atoms with Crippen LogP contribution in [0.5, 0.6) is 0 Å². The molecule has 1 fully saturated rings.